The second-order valence-corrected chi connectivity index (χ2v) is 4.23. The molecule has 6 heteroatoms. The molecule has 0 aliphatic heterocycles. The van der Waals surface area contributed by atoms with E-state index in [9.17, 15) is 0 Å². The molecular formula is C14H14ClN3O2. The summed E-state index contributed by atoms with van der Waals surface area (Å²) in [6.07, 6.45) is 3.31. The molecule has 0 saturated heterocycles. The number of pyridine rings is 1. The number of halogens is 1. The molecule has 0 bridgehead atoms. The molecule has 0 amide bonds. The lowest BCUT2D eigenvalue weighted by molar-refractivity contribution is 0.355. The van der Waals surface area contributed by atoms with E-state index in [-0.39, 0.29) is 0 Å². The van der Waals surface area contributed by atoms with Gasteiger partial charge >= 0.3 is 0 Å². The van der Waals surface area contributed by atoms with Gasteiger partial charge in [0.05, 0.1) is 25.5 Å². The van der Waals surface area contributed by atoms with E-state index in [0.29, 0.717) is 22.3 Å². The summed E-state index contributed by atoms with van der Waals surface area (Å²) < 4.78 is 10.4. The van der Waals surface area contributed by atoms with Crippen LogP contribution in [0.1, 0.15) is 5.56 Å². The zero-order valence-electron chi connectivity index (χ0n) is 11.1. The van der Waals surface area contributed by atoms with Gasteiger partial charge in [0.25, 0.3) is 0 Å². The van der Waals surface area contributed by atoms with Crippen LogP contribution in [0.15, 0.2) is 41.6 Å². The van der Waals surface area contributed by atoms with Gasteiger partial charge in [-0.05, 0) is 29.8 Å². The Labute approximate surface area is 122 Å². The topological polar surface area (TPSA) is 55.7 Å². The molecule has 0 atom stereocenters. The Morgan fingerprint density at radius 2 is 2.10 bits per heavy atom. The monoisotopic (exact) mass is 291 g/mol. The van der Waals surface area contributed by atoms with Gasteiger partial charge in [-0.15, -0.1) is 0 Å². The molecule has 0 radical (unpaired) electrons. The molecule has 5 nitrogen and oxygen atoms in total. The first kappa shape index (κ1) is 14.1. The summed E-state index contributed by atoms with van der Waals surface area (Å²) in [7, 11) is 3.10. The van der Waals surface area contributed by atoms with Gasteiger partial charge in [-0.25, -0.2) is 4.98 Å². The number of ether oxygens (including phenoxy) is 2. The Kier molecular flexibility index (Phi) is 4.79. The highest BCUT2D eigenvalue weighted by Crippen LogP contribution is 2.35. The predicted molar refractivity (Wildman–Crippen MR) is 80.0 cm³/mol. The lowest BCUT2D eigenvalue weighted by Gasteiger charge is -2.09. The Bertz CT molecular complexity index is 603. The van der Waals surface area contributed by atoms with Crippen molar-refractivity contribution in [2.24, 2.45) is 5.10 Å². The van der Waals surface area contributed by atoms with E-state index < -0.39 is 0 Å². The van der Waals surface area contributed by atoms with E-state index >= 15 is 0 Å². The molecule has 0 aliphatic rings. The Hall–Kier alpha value is -2.27. The first-order chi connectivity index (χ1) is 9.74. The van der Waals surface area contributed by atoms with Crippen molar-refractivity contribution < 1.29 is 9.47 Å². The number of hydrazone groups is 1. The van der Waals surface area contributed by atoms with Crippen LogP contribution in [-0.2, 0) is 0 Å². The third-order valence-electron chi connectivity index (χ3n) is 2.51. The fraction of sp³-hybridized carbons (Fsp3) is 0.143. The molecule has 2 rings (SSSR count). The van der Waals surface area contributed by atoms with Gasteiger partial charge in [-0.1, -0.05) is 17.7 Å². The average Bonchev–Trinajstić information content (AvgIpc) is 2.47. The van der Waals surface area contributed by atoms with Gasteiger partial charge in [0.15, 0.2) is 11.5 Å². The second kappa shape index (κ2) is 6.77. The summed E-state index contributed by atoms with van der Waals surface area (Å²) in [5.41, 5.74) is 3.61. The van der Waals surface area contributed by atoms with Crippen molar-refractivity contribution in [3.63, 3.8) is 0 Å². The molecule has 0 saturated carbocycles. The second-order valence-electron chi connectivity index (χ2n) is 3.82. The zero-order valence-corrected chi connectivity index (χ0v) is 11.9. The van der Waals surface area contributed by atoms with Crippen molar-refractivity contribution in [2.45, 2.75) is 0 Å². The summed E-state index contributed by atoms with van der Waals surface area (Å²) >= 11 is 6.11. The summed E-state index contributed by atoms with van der Waals surface area (Å²) in [6, 6.07) is 9.06. The smallest absolute Gasteiger partial charge is 0.179 e. The highest BCUT2D eigenvalue weighted by Gasteiger charge is 2.09. The standard InChI is InChI=1S/C14H14ClN3O2/c1-19-12-8-10(7-11(15)14(12)20-2)9-17-18-13-5-3-4-6-16-13/h3-9H,1-2H3,(H,16,18)/b17-9-. The molecular weight excluding hydrogens is 278 g/mol. The number of aromatic nitrogens is 1. The minimum atomic E-state index is 0.464. The molecule has 0 unspecified atom stereocenters. The largest absolute Gasteiger partial charge is 0.493 e. The summed E-state index contributed by atoms with van der Waals surface area (Å²) in [6.45, 7) is 0. The third kappa shape index (κ3) is 3.39. The highest BCUT2D eigenvalue weighted by molar-refractivity contribution is 6.32. The average molecular weight is 292 g/mol. The van der Waals surface area contributed by atoms with Crippen molar-refractivity contribution in [2.75, 3.05) is 19.6 Å². The molecule has 1 heterocycles. The first-order valence-electron chi connectivity index (χ1n) is 5.86. The number of anilines is 1. The minimum absolute atomic E-state index is 0.464. The highest BCUT2D eigenvalue weighted by atomic mass is 35.5. The number of benzene rings is 1. The van der Waals surface area contributed by atoms with Crippen molar-refractivity contribution in [3.05, 3.63) is 47.1 Å². The van der Waals surface area contributed by atoms with Crippen molar-refractivity contribution >= 4 is 23.6 Å². The van der Waals surface area contributed by atoms with Crippen LogP contribution in [0.2, 0.25) is 5.02 Å². The summed E-state index contributed by atoms with van der Waals surface area (Å²) in [4.78, 5) is 4.09. The van der Waals surface area contributed by atoms with Crippen LogP contribution in [0.25, 0.3) is 0 Å². The van der Waals surface area contributed by atoms with Gasteiger partial charge in [-0.3, -0.25) is 5.43 Å². The SMILES string of the molecule is COc1cc(/C=N\Nc2ccccn2)cc(Cl)c1OC. The maximum Gasteiger partial charge on any atom is 0.179 e. The maximum atomic E-state index is 6.11. The van der Waals surface area contributed by atoms with Gasteiger partial charge in [-0.2, -0.15) is 5.10 Å². The van der Waals surface area contributed by atoms with Crippen molar-refractivity contribution in [1.29, 1.82) is 0 Å². The fourth-order valence-electron chi connectivity index (χ4n) is 1.61. The molecule has 0 aliphatic carbocycles. The van der Waals surface area contributed by atoms with E-state index in [1.165, 1.54) is 0 Å². The normalized spacial score (nSPS) is 10.6. The molecule has 0 spiro atoms. The summed E-state index contributed by atoms with van der Waals surface area (Å²) in [5, 5.41) is 4.56. The van der Waals surface area contributed by atoms with Gasteiger partial charge in [0, 0.05) is 6.20 Å². The molecule has 20 heavy (non-hydrogen) atoms. The van der Waals surface area contributed by atoms with Gasteiger partial charge < -0.3 is 9.47 Å². The van der Waals surface area contributed by atoms with Crippen molar-refractivity contribution in [1.82, 2.24) is 4.98 Å². The van der Waals surface area contributed by atoms with Crippen molar-refractivity contribution in [3.8, 4) is 11.5 Å². The van der Waals surface area contributed by atoms with Crippen LogP contribution in [0.3, 0.4) is 0 Å². The molecule has 104 valence electrons. The van der Waals surface area contributed by atoms with Crippen LogP contribution in [0.5, 0.6) is 11.5 Å². The maximum absolute atomic E-state index is 6.11. The first-order valence-corrected chi connectivity index (χ1v) is 6.24. The van der Waals surface area contributed by atoms with Crippen LogP contribution in [0, 0.1) is 0 Å². The number of methoxy groups -OCH3 is 2. The van der Waals surface area contributed by atoms with E-state index in [1.54, 1.807) is 38.8 Å². The van der Waals surface area contributed by atoms with Crippen LogP contribution in [-0.4, -0.2) is 25.4 Å². The van der Waals surface area contributed by atoms with Crippen LogP contribution < -0.4 is 14.9 Å². The van der Waals surface area contributed by atoms with Gasteiger partial charge in [0.1, 0.15) is 5.82 Å². The molecule has 1 aromatic carbocycles. The van der Waals surface area contributed by atoms with E-state index in [1.807, 2.05) is 18.2 Å². The lowest BCUT2D eigenvalue weighted by atomic mass is 10.2. The van der Waals surface area contributed by atoms with E-state index in [2.05, 4.69) is 15.5 Å². The third-order valence-corrected chi connectivity index (χ3v) is 2.79. The number of hydrogen-bond acceptors (Lipinski definition) is 5. The molecule has 1 aromatic heterocycles. The van der Waals surface area contributed by atoms with Gasteiger partial charge in [0.2, 0.25) is 0 Å². The summed E-state index contributed by atoms with van der Waals surface area (Å²) in [5.74, 6) is 1.72. The molecule has 2 aromatic rings. The van der Waals surface area contributed by atoms with E-state index in [4.69, 9.17) is 21.1 Å². The number of hydrogen-bond donors (Lipinski definition) is 1. The predicted octanol–water partition coefficient (Wildman–Crippen LogP) is 3.20. The Morgan fingerprint density at radius 3 is 2.75 bits per heavy atom. The molecule has 1 N–H and O–H groups in total. The zero-order chi connectivity index (χ0) is 14.4. The van der Waals surface area contributed by atoms with E-state index in [0.717, 1.165) is 5.56 Å². The Balaban J connectivity index is 2.15. The fourth-order valence-corrected chi connectivity index (χ4v) is 1.91. The number of nitrogens with one attached hydrogen (secondary N) is 1. The quantitative estimate of drug-likeness (QED) is 0.679. The lowest BCUT2D eigenvalue weighted by Crippen LogP contribution is -1.95. The van der Waals surface area contributed by atoms with Crippen LogP contribution in [0.4, 0.5) is 5.82 Å². The Morgan fingerprint density at radius 1 is 1.25 bits per heavy atom. The number of rotatable bonds is 5. The number of nitrogens with zero attached hydrogens (tertiary/aromatic N) is 2. The van der Waals surface area contributed by atoms with Crippen LogP contribution >= 0.6 is 11.6 Å². The minimum Gasteiger partial charge on any atom is -0.493 e. The molecule has 0 fully saturated rings.